The standard InChI is InChI=1S/C8H10BrNS2/c9-8-10-7(5-12-8)6-2-1-3-11-4-6/h5-6H,1-4H2. The zero-order valence-electron chi connectivity index (χ0n) is 6.62. The van der Waals surface area contributed by atoms with Gasteiger partial charge in [-0.05, 0) is 34.5 Å². The molecule has 0 N–H and O–H groups in total. The van der Waals surface area contributed by atoms with Crippen LogP contribution in [0.5, 0.6) is 0 Å². The molecule has 0 aromatic carbocycles. The number of aromatic nitrogens is 1. The Bertz CT molecular complexity index is 255. The first kappa shape index (κ1) is 9.03. The molecule has 1 aliphatic heterocycles. The van der Waals surface area contributed by atoms with E-state index in [1.54, 1.807) is 11.3 Å². The Balaban J connectivity index is 2.08. The SMILES string of the molecule is Brc1nc(C2CCCSC2)cs1. The predicted molar refractivity (Wildman–Crippen MR) is 59.1 cm³/mol. The molecule has 1 aliphatic rings. The largest absolute Gasteiger partial charge is 0.234 e. The molecule has 2 heterocycles. The normalized spacial score (nSPS) is 24.2. The minimum atomic E-state index is 0.714. The van der Waals surface area contributed by atoms with Gasteiger partial charge in [0.2, 0.25) is 0 Å². The summed E-state index contributed by atoms with van der Waals surface area (Å²) in [4.78, 5) is 4.46. The van der Waals surface area contributed by atoms with Crippen molar-refractivity contribution in [1.82, 2.24) is 4.98 Å². The fraction of sp³-hybridized carbons (Fsp3) is 0.625. The van der Waals surface area contributed by atoms with Crippen LogP contribution in [0.3, 0.4) is 0 Å². The molecule has 0 saturated carbocycles. The summed E-state index contributed by atoms with van der Waals surface area (Å²) in [5.74, 6) is 3.31. The molecule has 4 heteroatoms. The van der Waals surface area contributed by atoms with Crippen LogP contribution in [0.1, 0.15) is 24.5 Å². The summed E-state index contributed by atoms with van der Waals surface area (Å²) >= 11 is 7.15. The number of rotatable bonds is 1. The van der Waals surface area contributed by atoms with E-state index in [-0.39, 0.29) is 0 Å². The topological polar surface area (TPSA) is 12.9 Å². The van der Waals surface area contributed by atoms with Crippen LogP contribution in [-0.2, 0) is 0 Å². The van der Waals surface area contributed by atoms with Crippen molar-refractivity contribution in [1.29, 1.82) is 0 Å². The van der Waals surface area contributed by atoms with Crippen molar-refractivity contribution in [3.8, 4) is 0 Å². The van der Waals surface area contributed by atoms with Gasteiger partial charge < -0.3 is 0 Å². The van der Waals surface area contributed by atoms with Gasteiger partial charge in [-0.25, -0.2) is 4.98 Å². The Kier molecular flexibility index (Phi) is 3.10. The van der Waals surface area contributed by atoms with E-state index in [9.17, 15) is 0 Å². The summed E-state index contributed by atoms with van der Waals surface area (Å²) in [5.41, 5.74) is 1.29. The number of hydrogen-bond donors (Lipinski definition) is 0. The highest BCUT2D eigenvalue weighted by Crippen LogP contribution is 2.32. The maximum atomic E-state index is 4.46. The third kappa shape index (κ3) is 2.03. The molecule has 1 saturated heterocycles. The van der Waals surface area contributed by atoms with Gasteiger partial charge in [-0.15, -0.1) is 11.3 Å². The van der Waals surface area contributed by atoms with Crippen molar-refractivity contribution in [2.24, 2.45) is 0 Å². The van der Waals surface area contributed by atoms with Gasteiger partial charge in [0, 0.05) is 17.1 Å². The van der Waals surface area contributed by atoms with Crippen molar-refractivity contribution >= 4 is 39.0 Å². The lowest BCUT2D eigenvalue weighted by atomic mass is 10.0. The van der Waals surface area contributed by atoms with Gasteiger partial charge in [-0.1, -0.05) is 0 Å². The van der Waals surface area contributed by atoms with Crippen LogP contribution in [0, 0.1) is 0 Å². The average molecular weight is 264 g/mol. The Hall–Kier alpha value is 0.460. The Morgan fingerprint density at radius 3 is 3.08 bits per heavy atom. The molecule has 1 nitrogen and oxygen atoms in total. The van der Waals surface area contributed by atoms with Crippen LogP contribution in [-0.4, -0.2) is 16.5 Å². The zero-order chi connectivity index (χ0) is 8.39. The molecule has 0 radical (unpaired) electrons. The second kappa shape index (κ2) is 4.11. The molecule has 2 rings (SSSR count). The van der Waals surface area contributed by atoms with E-state index in [1.165, 1.54) is 30.0 Å². The minimum absolute atomic E-state index is 0.714. The molecule has 1 aromatic heterocycles. The van der Waals surface area contributed by atoms with Crippen molar-refractivity contribution in [3.63, 3.8) is 0 Å². The summed E-state index contributed by atoms with van der Waals surface area (Å²) in [6.07, 6.45) is 2.67. The van der Waals surface area contributed by atoms with Crippen LogP contribution in [0.2, 0.25) is 0 Å². The van der Waals surface area contributed by atoms with Crippen LogP contribution >= 0.6 is 39.0 Å². The number of thioether (sulfide) groups is 1. The van der Waals surface area contributed by atoms with E-state index >= 15 is 0 Å². The molecule has 1 aromatic rings. The maximum absolute atomic E-state index is 4.46. The van der Waals surface area contributed by atoms with Gasteiger partial charge >= 0.3 is 0 Å². The molecule has 0 spiro atoms. The van der Waals surface area contributed by atoms with Crippen LogP contribution < -0.4 is 0 Å². The fourth-order valence-electron chi connectivity index (χ4n) is 1.42. The van der Waals surface area contributed by atoms with E-state index in [1.807, 2.05) is 0 Å². The zero-order valence-corrected chi connectivity index (χ0v) is 9.84. The van der Waals surface area contributed by atoms with Crippen LogP contribution in [0.4, 0.5) is 0 Å². The van der Waals surface area contributed by atoms with Gasteiger partial charge in [0.25, 0.3) is 0 Å². The highest BCUT2D eigenvalue weighted by atomic mass is 79.9. The summed E-state index contributed by atoms with van der Waals surface area (Å²) in [7, 11) is 0. The number of hydrogen-bond acceptors (Lipinski definition) is 3. The van der Waals surface area contributed by atoms with Gasteiger partial charge in [0.05, 0.1) is 5.69 Å². The quantitative estimate of drug-likeness (QED) is 0.769. The lowest BCUT2D eigenvalue weighted by Gasteiger charge is -2.18. The first-order valence-corrected chi connectivity index (χ1v) is 6.87. The van der Waals surface area contributed by atoms with E-state index in [0.717, 1.165) is 3.92 Å². The summed E-state index contributed by atoms with van der Waals surface area (Å²) in [6, 6.07) is 0. The van der Waals surface area contributed by atoms with Crippen molar-refractivity contribution in [2.75, 3.05) is 11.5 Å². The van der Waals surface area contributed by atoms with Crippen molar-refractivity contribution < 1.29 is 0 Å². The molecule has 1 atom stereocenters. The Morgan fingerprint density at radius 1 is 1.58 bits per heavy atom. The molecule has 66 valence electrons. The van der Waals surface area contributed by atoms with E-state index in [4.69, 9.17) is 0 Å². The average Bonchev–Trinajstić information content (AvgIpc) is 2.54. The van der Waals surface area contributed by atoms with Gasteiger partial charge in [0.15, 0.2) is 3.92 Å². The third-order valence-electron chi connectivity index (χ3n) is 2.07. The predicted octanol–water partition coefficient (Wildman–Crippen LogP) is 3.52. The van der Waals surface area contributed by atoms with E-state index in [2.05, 4.69) is 38.1 Å². The van der Waals surface area contributed by atoms with Gasteiger partial charge in [0.1, 0.15) is 0 Å². The minimum Gasteiger partial charge on any atom is -0.234 e. The van der Waals surface area contributed by atoms with Gasteiger partial charge in [-0.3, -0.25) is 0 Å². The molecular weight excluding hydrogens is 254 g/mol. The molecule has 12 heavy (non-hydrogen) atoms. The lowest BCUT2D eigenvalue weighted by Crippen LogP contribution is -2.08. The molecular formula is C8H10BrNS2. The number of halogens is 1. The number of nitrogens with zero attached hydrogens (tertiary/aromatic N) is 1. The van der Waals surface area contributed by atoms with Crippen molar-refractivity contribution in [3.05, 3.63) is 15.0 Å². The molecule has 0 bridgehead atoms. The Labute approximate surface area is 89.1 Å². The second-order valence-electron chi connectivity index (χ2n) is 2.94. The molecule has 1 unspecified atom stereocenters. The molecule has 0 aliphatic carbocycles. The third-order valence-corrected chi connectivity index (χ3v) is 4.67. The van der Waals surface area contributed by atoms with Crippen LogP contribution in [0.15, 0.2) is 9.30 Å². The van der Waals surface area contributed by atoms with Crippen LogP contribution in [0.25, 0.3) is 0 Å². The van der Waals surface area contributed by atoms with E-state index < -0.39 is 0 Å². The van der Waals surface area contributed by atoms with E-state index in [0.29, 0.717) is 5.92 Å². The Morgan fingerprint density at radius 2 is 2.50 bits per heavy atom. The van der Waals surface area contributed by atoms with Gasteiger partial charge in [-0.2, -0.15) is 11.8 Å². The molecule has 1 fully saturated rings. The number of thiazole rings is 1. The molecule has 0 amide bonds. The highest BCUT2D eigenvalue weighted by Gasteiger charge is 2.17. The fourth-order valence-corrected chi connectivity index (χ4v) is 3.69. The summed E-state index contributed by atoms with van der Waals surface area (Å²) in [5, 5.41) is 2.18. The smallest absolute Gasteiger partial charge is 0.159 e. The van der Waals surface area contributed by atoms with Crippen molar-refractivity contribution in [2.45, 2.75) is 18.8 Å². The first-order chi connectivity index (χ1) is 5.86. The highest BCUT2D eigenvalue weighted by molar-refractivity contribution is 9.11. The lowest BCUT2D eigenvalue weighted by molar-refractivity contribution is 0.646. The second-order valence-corrected chi connectivity index (χ2v) is 6.22. The first-order valence-electron chi connectivity index (χ1n) is 4.05. The monoisotopic (exact) mass is 263 g/mol. The maximum Gasteiger partial charge on any atom is 0.159 e. The summed E-state index contributed by atoms with van der Waals surface area (Å²) in [6.45, 7) is 0. The summed E-state index contributed by atoms with van der Waals surface area (Å²) < 4.78 is 1.02.